The second-order valence-electron chi connectivity index (χ2n) is 3.73. The summed E-state index contributed by atoms with van der Waals surface area (Å²) >= 11 is 0. The number of hydrogen-bond acceptors (Lipinski definition) is 3. The molecule has 0 radical (unpaired) electrons. The Bertz CT molecular complexity index is 377. The monoisotopic (exact) mass is 221 g/mol. The molecule has 0 aliphatic carbocycles. The van der Waals surface area contributed by atoms with Crippen molar-refractivity contribution in [2.24, 2.45) is 0 Å². The van der Waals surface area contributed by atoms with Gasteiger partial charge >= 0.3 is 0 Å². The number of aryl methyl sites for hydroxylation is 1. The molecule has 3 N–H and O–H groups in total. The molecule has 0 unspecified atom stereocenters. The maximum Gasteiger partial charge on any atom is 0.239 e. The Balaban J connectivity index is 2.86. The van der Waals surface area contributed by atoms with E-state index in [1.54, 1.807) is 7.05 Å². The Morgan fingerprint density at radius 3 is 2.69 bits per heavy atom. The Kier molecular flexibility index (Phi) is 4.17. The van der Waals surface area contributed by atoms with Gasteiger partial charge < -0.3 is 16.0 Å². The first kappa shape index (κ1) is 12.4. The van der Waals surface area contributed by atoms with Crippen LogP contribution in [0.4, 0.5) is 11.4 Å². The van der Waals surface area contributed by atoms with Crippen LogP contribution in [-0.4, -0.2) is 26.0 Å². The molecule has 0 fully saturated rings. The number of nitrogens with one attached hydrogen (secondary N) is 1. The minimum atomic E-state index is 0.000923. The van der Waals surface area contributed by atoms with Crippen LogP contribution in [0.1, 0.15) is 12.5 Å². The first-order valence-corrected chi connectivity index (χ1v) is 5.40. The second-order valence-corrected chi connectivity index (χ2v) is 3.73. The van der Waals surface area contributed by atoms with Crippen molar-refractivity contribution < 1.29 is 4.79 Å². The Hall–Kier alpha value is -1.71. The van der Waals surface area contributed by atoms with Crippen molar-refractivity contribution in [3.05, 3.63) is 23.8 Å². The number of amides is 1. The number of nitrogens with zero attached hydrogens (tertiary/aromatic N) is 1. The standard InChI is InChI=1S/C12H19N3O/c1-4-15(8-12(16)14-3)10-6-5-9(2)11(13)7-10/h5-7H,4,8,13H2,1-3H3,(H,14,16). The van der Waals surface area contributed by atoms with Crippen LogP contribution in [0.3, 0.4) is 0 Å². The van der Waals surface area contributed by atoms with Gasteiger partial charge in [-0.25, -0.2) is 0 Å². The zero-order chi connectivity index (χ0) is 12.1. The lowest BCUT2D eigenvalue weighted by Crippen LogP contribution is -2.35. The number of anilines is 2. The molecule has 1 amide bonds. The number of hydrogen-bond donors (Lipinski definition) is 2. The van der Waals surface area contributed by atoms with Gasteiger partial charge in [-0.1, -0.05) is 6.07 Å². The largest absolute Gasteiger partial charge is 0.398 e. The van der Waals surface area contributed by atoms with Gasteiger partial charge in [0.15, 0.2) is 0 Å². The second kappa shape index (κ2) is 5.39. The third-order valence-electron chi connectivity index (χ3n) is 2.62. The van der Waals surface area contributed by atoms with Crippen LogP contribution >= 0.6 is 0 Å². The number of carbonyl (C=O) groups excluding carboxylic acids is 1. The van der Waals surface area contributed by atoms with Crippen LogP contribution in [0.5, 0.6) is 0 Å². The van der Waals surface area contributed by atoms with E-state index in [0.29, 0.717) is 6.54 Å². The summed E-state index contributed by atoms with van der Waals surface area (Å²) in [5, 5.41) is 2.61. The van der Waals surface area contributed by atoms with Crippen LogP contribution in [0.15, 0.2) is 18.2 Å². The molecule has 0 aliphatic heterocycles. The molecule has 4 heteroatoms. The zero-order valence-electron chi connectivity index (χ0n) is 10.1. The summed E-state index contributed by atoms with van der Waals surface area (Å²) in [6.45, 7) is 5.11. The van der Waals surface area contributed by atoms with E-state index in [9.17, 15) is 4.79 Å². The van der Waals surface area contributed by atoms with E-state index in [1.807, 2.05) is 36.9 Å². The molecule has 0 spiro atoms. The van der Waals surface area contributed by atoms with E-state index < -0.39 is 0 Å². The van der Waals surface area contributed by atoms with Gasteiger partial charge in [-0.15, -0.1) is 0 Å². The number of nitrogen functional groups attached to an aromatic ring is 1. The van der Waals surface area contributed by atoms with Crippen molar-refractivity contribution in [2.75, 3.05) is 30.8 Å². The summed E-state index contributed by atoms with van der Waals surface area (Å²) in [5.41, 5.74) is 8.64. The molecule has 0 heterocycles. The number of nitrogens with two attached hydrogens (primary N) is 1. The first-order valence-electron chi connectivity index (χ1n) is 5.40. The molecule has 1 rings (SSSR count). The molecule has 0 saturated carbocycles. The van der Waals surface area contributed by atoms with E-state index in [2.05, 4.69) is 5.32 Å². The van der Waals surface area contributed by atoms with Gasteiger partial charge in [0.05, 0.1) is 6.54 Å². The molecule has 0 atom stereocenters. The van der Waals surface area contributed by atoms with Crippen LogP contribution < -0.4 is 16.0 Å². The average Bonchev–Trinajstić information content (AvgIpc) is 2.29. The normalized spacial score (nSPS) is 9.94. The fourth-order valence-corrected chi connectivity index (χ4v) is 1.46. The van der Waals surface area contributed by atoms with Crippen LogP contribution in [-0.2, 0) is 4.79 Å². The summed E-state index contributed by atoms with van der Waals surface area (Å²) in [6.07, 6.45) is 0. The highest BCUT2D eigenvalue weighted by Gasteiger charge is 2.09. The van der Waals surface area contributed by atoms with Gasteiger partial charge in [-0.2, -0.15) is 0 Å². The molecular weight excluding hydrogens is 202 g/mol. The van der Waals surface area contributed by atoms with Crippen molar-refractivity contribution in [3.8, 4) is 0 Å². The van der Waals surface area contributed by atoms with Crippen LogP contribution in [0.2, 0.25) is 0 Å². The van der Waals surface area contributed by atoms with Gasteiger partial charge in [-0.3, -0.25) is 4.79 Å². The van der Waals surface area contributed by atoms with Crippen molar-refractivity contribution in [3.63, 3.8) is 0 Å². The van der Waals surface area contributed by atoms with Gasteiger partial charge in [0.2, 0.25) is 5.91 Å². The highest BCUT2D eigenvalue weighted by molar-refractivity contribution is 5.81. The highest BCUT2D eigenvalue weighted by atomic mass is 16.1. The van der Waals surface area contributed by atoms with Crippen LogP contribution in [0.25, 0.3) is 0 Å². The minimum Gasteiger partial charge on any atom is -0.398 e. The fraction of sp³-hybridized carbons (Fsp3) is 0.417. The van der Waals surface area contributed by atoms with Crippen LogP contribution in [0, 0.1) is 6.92 Å². The van der Waals surface area contributed by atoms with Crippen molar-refractivity contribution >= 4 is 17.3 Å². The van der Waals surface area contributed by atoms with Gasteiger partial charge in [0.1, 0.15) is 0 Å². The summed E-state index contributed by atoms with van der Waals surface area (Å²) in [4.78, 5) is 13.3. The topological polar surface area (TPSA) is 58.4 Å². The molecule has 88 valence electrons. The van der Waals surface area contributed by atoms with Crippen molar-refractivity contribution in [1.82, 2.24) is 5.32 Å². The van der Waals surface area contributed by atoms with Gasteiger partial charge in [-0.05, 0) is 31.5 Å². The Labute approximate surface area is 96.4 Å². The number of likely N-dealkylation sites (N-methyl/N-ethyl adjacent to an activating group) is 2. The molecule has 0 bridgehead atoms. The van der Waals surface area contributed by atoms with E-state index in [0.717, 1.165) is 23.5 Å². The Morgan fingerprint density at radius 2 is 2.19 bits per heavy atom. The lowest BCUT2D eigenvalue weighted by Gasteiger charge is -2.22. The van der Waals surface area contributed by atoms with E-state index in [1.165, 1.54) is 0 Å². The van der Waals surface area contributed by atoms with E-state index >= 15 is 0 Å². The number of benzene rings is 1. The highest BCUT2D eigenvalue weighted by Crippen LogP contribution is 2.20. The number of rotatable bonds is 4. The quantitative estimate of drug-likeness (QED) is 0.750. The molecule has 0 saturated heterocycles. The zero-order valence-corrected chi connectivity index (χ0v) is 10.1. The fourth-order valence-electron chi connectivity index (χ4n) is 1.46. The van der Waals surface area contributed by atoms with E-state index in [4.69, 9.17) is 5.73 Å². The predicted octanol–water partition coefficient (Wildman–Crippen LogP) is 1.15. The summed E-state index contributed by atoms with van der Waals surface area (Å²) < 4.78 is 0. The first-order chi connectivity index (χ1) is 7.58. The summed E-state index contributed by atoms with van der Waals surface area (Å²) in [5.74, 6) is 0.000923. The summed E-state index contributed by atoms with van der Waals surface area (Å²) in [6, 6.07) is 5.86. The Morgan fingerprint density at radius 1 is 1.50 bits per heavy atom. The molecule has 1 aromatic carbocycles. The summed E-state index contributed by atoms with van der Waals surface area (Å²) in [7, 11) is 1.64. The van der Waals surface area contributed by atoms with Crippen molar-refractivity contribution in [1.29, 1.82) is 0 Å². The minimum absolute atomic E-state index is 0.000923. The molecule has 0 aromatic heterocycles. The van der Waals surface area contributed by atoms with Gasteiger partial charge in [0, 0.05) is 25.0 Å². The molecule has 1 aromatic rings. The lowest BCUT2D eigenvalue weighted by atomic mass is 10.1. The van der Waals surface area contributed by atoms with Gasteiger partial charge in [0.25, 0.3) is 0 Å². The molecular formula is C12H19N3O. The predicted molar refractivity (Wildman–Crippen MR) is 67.5 cm³/mol. The van der Waals surface area contributed by atoms with E-state index in [-0.39, 0.29) is 5.91 Å². The molecule has 16 heavy (non-hydrogen) atoms. The number of carbonyl (C=O) groups is 1. The third kappa shape index (κ3) is 2.89. The van der Waals surface area contributed by atoms with Crippen molar-refractivity contribution in [2.45, 2.75) is 13.8 Å². The molecule has 0 aliphatic rings. The third-order valence-corrected chi connectivity index (χ3v) is 2.62. The smallest absolute Gasteiger partial charge is 0.239 e. The SMILES string of the molecule is CCN(CC(=O)NC)c1ccc(C)c(N)c1. The maximum absolute atomic E-state index is 11.3. The maximum atomic E-state index is 11.3. The molecule has 4 nitrogen and oxygen atoms in total. The lowest BCUT2D eigenvalue weighted by molar-refractivity contribution is -0.119. The average molecular weight is 221 g/mol.